The van der Waals surface area contributed by atoms with Gasteiger partial charge in [-0.1, -0.05) is 37.6 Å². The molecule has 0 saturated heterocycles. The van der Waals surface area contributed by atoms with E-state index in [9.17, 15) is 4.79 Å². The molecule has 1 aromatic carbocycles. The fourth-order valence-corrected chi connectivity index (χ4v) is 3.94. The summed E-state index contributed by atoms with van der Waals surface area (Å²) in [4.78, 5) is 22.5. The zero-order valence-corrected chi connectivity index (χ0v) is 17.2. The number of aryl methyl sites for hydroxylation is 1. The van der Waals surface area contributed by atoms with Gasteiger partial charge in [0.2, 0.25) is 0 Å². The van der Waals surface area contributed by atoms with Gasteiger partial charge in [0, 0.05) is 13.1 Å². The van der Waals surface area contributed by atoms with Crippen molar-refractivity contribution in [3.8, 4) is 0 Å². The Morgan fingerprint density at radius 2 is 1.97 bits per heavy atom. The number of rotatable bonds is 6. The van der Waals surface area contributed by atoms with E-state index in [1.165, 1.54) is 18.4 Å². The van der Waals surface area contributed by atoms with Crippen LogP contribution >= 0.6 is 0 Å². The molecule has 0 aliphatic heterocycles. The number of anilines is 1. The molecule has 0 radical (unpaired) electrons. The number of carbonyl (C=O) groups is 1. The summed E-state index contributed by atoms with van der Waals surface area (Å²) >= 11 is 0. The maximum atomic E-state index is 13.0. The van der Waals surface area contributed by atoms with Crippen molar-refractivity contribution in [2.45, 2.75) is 52.5 Å². The normalized spacial score (nSPS) is 14.5. The molecule has 0 fully saturated rings. The van der Waals surface area contributed by atoms with E-state index >= 15 is 0 Å². The Balaban J connectivity index is 1.78. The average Bonchev–Trinajstić information content (AvgIpc) is 2.99. The van der Waals surface area contributed by atoms with Gasteiger partial charge in [0.15, 0.2) is 5.65 Å². The van der Waals surface area contributed by atoms with E-state index in [1.807, 2.05) is 28.8 Å². The Morgan fingerprint density at radius 1 is 1.21 bits per heavy atom. The topological polar surface area (TPSA) is 85.8 Å². The Bertz CT molecular complexity index is 1080. The highest BCUT2D eigenvalue weighted by Gasteiger charge is 2.24. The van der Waals surface area contributed by atoms with Crippen LogP contribution in [0.2, 0.25) is 0 Å². The van der Waals surface area contributed by atoms with Crippen molar-refractivity contribution in [3.63, 3.8) is 0 Å². The number of nitrogen functional groups attached to an aromatic ring is 1. The number of nitrogens with zero attached hydrogens (tertiary/aromatic N) is 3. The lowest BCUT2D eigenvalue weighted by molar-refractivity contribution is 0.0951. The Labute approximate surface area is 171 Å². The lowest BCUT2D eigenvalue weighted by Gasteiger charge is -2.14. The predicted molar refractivity (Wildman–Crippen MR) is 118 cm³/mol. The number of aromatic nitrogens is 3. The largest absolute Gasteiger partial charge is 0.384 e. The third-order valence-corrected chi connectivity index (χ3v) is 5.53. The van der Waals surface area contributed by atoms with E-state index in [0.29, 0.717) is 41.6 Å². The molecular formula is C23H29N5O. The second-order valence-electron chi connectivity index (χ2n) is 8.26. The van der Waals surface area contributed by atoms with Crippen molar-refractivity contribution in [3.05, 3.63) is 41.5 Å². The summed E-state index contributed by atoms with van der Waals surface area (Å²) in [5.74, 6) is 0.632. The van der Waals surface area contributed by atoms with Crippen LogP contribution in [0.25, 0.3) is 22.2 Å². The molecule has 4 rings (SSSR count). The van der Waals surface area contributed by atoms with E-state index in [4.69, 9.17) is 15.7 Å². The van der Waals surface area contributed by atoms with Gasteiger partial charge in [-0.25, -0.2) is 9.97 Å². The first kappa shape index (κ1) is 19.4. The van der Waals surface area contributed by atoms with Crippen LogP contribution in [0.1, 0.15) is 56.3 Å². The third kappa shape index (κ3) is 3.97. The second kappa shape index (κ2) is 8.23. The summed E-state index contributed by atoms with van der Waals surface area (Å²) in [7, 11) is 0. The quantitative estimate of drug-likeness (QED) is 0.608. The average molecular weight is 392 g/mol. The number of fused-ring (bicyclic) bond motifs is 2. The van der Waals surface area contributed by atoms with Crippen molar-refractivity contribution in [1.82, 2.24) is 19.9 Å². The molecular weight excluding hydrogens is 362 g/mol. The molecule has 0 atom stereocenters. The van der Waals surface area contributed by atoms with E-state index in [0.717, 1.165) is 30.3 Å². The molecule has 6 nitrogen and oxygen atoms in total. The third-order valence-electron chi connectivity index (χ3n) is 5.53. The fraction of sp³-hybridized carbons (Fsp3) is 0.435. The summed E-state index contributed by atoms with van der Waals surface area (Å²) in [6.45, 7) is 5.44. The summed E-state index contributed by atoms with van der Waals surface area (Å²) < 4.78 is 1.97. The summed E-state index contributed by atoms with van der Waals surface area (Å²) in [6.07, 6.45) is 8.11. The maximum Gasteiger partial charge on any atom is 0.257 e. The van der Waals surface area contributed by atoms with E-state index in [2.05, 4.69) is 25.2 Å². The van der Waals surface area contributed by atoms with Crippen LogP contribution in [-0.2, 0) is 6.54 Å². The number of nitrogens with one attached hydrogen (secondary N) is 1. The summed E-state index contributed by atoms with van der Waals surface area (Å²) in [5, 5.41) is 2.99. The van der Waals surface area contributed by atoms with Gasteiger partial charge in [0.1, 0.15) is 16.9 Å². The minimum absolute atomic E-state index is 0.179. The minimum atomic E-state index is -0.179. The van der Waals surface area contributed by atoms with Gasteiger partial charge >= 0.3 is 0 Å². The molecule has 29 heavy (non-hydrogen) atoms. The molecule has 0 saturated carbocycles. The predicted octanol–water partition coefficient (Wildman–Crippen LogP) is 4.44. The molecule has 0 bridgehead atoms. The first-order chi connectivity index (χ1) is 14.0. The van der Waals surface area contributed by atoms with Gasteiger partial charge < -0.3 is 15.6 Å². The van der Waals surface area contributed by atoms with Crippen LogP contribution < -0.4 is 11.1 Å². The van der Waals surface area contributed by atoms with Crippen LogP contribution in [0.15, 0.2) is 35.9 Å². The molecule has 3 aromatic rings. The van der Waals surface area contributed by atoms with Crippen LogP contribution in [0.5, 0.6) is 0 Å². The zero-order valence-electron chi connectivity index (χ0n) is 17.2. The molecule has 152 valence electrons. The molecule has 2 heterocycles. The first-order valence-corrected chi connectivity index (χ1v) is 10.5. The molecule has 6 heteroatoms. The van der Waals surface area contributed by atoms with Crippen molar-refractivity contribution >= 4 is 33.9 Å². The van der Waals surface area contributed by atoms with Gasteiger partial charge in [-0.05, 0) is 50.2 Å². The maximum absolute atomic E-state index is 13.0. The summed E-state index contributed by atoms with van der Waals surface area (Å²) in [6, 6.07) is 7.73. The lowest BCUT2D eigenvalue weighted by atomic mass is 9.97. The van der Waals surface area contributed by atoms with Gasteiger partial charge in [-0.15, -0.1) is 0 Å². The number of nitrogens with two attached hydrogens (primary N) is 1. The Hall–Kier alpha value is -2.89. The van der Waals surface area contributed by atoms with Crippen molar-refractivity contribution in [2.75, 3.05) is 12.3 Å². The molecule has 3 N–H and O–H groups in total. The van der Waals surface area contributed by atoms with Gasteiger partial charge in [-0.3, -0.25) is 4.79 Å². The first-order valence-electron chi connectivity index (χ1n) is 10.5. The van der Waals surface area contributed by atoms with Gasteiger partial charge in [0.05, 0.1) is 11.0 Å². The number of hydrogen-bond acceptors (Lipinski definition) is 4. The van der Waals surface area contributed by atoms with E-state index in [-0.39, 0.29) is 5.91 Å². The Morgan fingerprint density at radius 3 is 2.66 bits per heavy atom. The second-order valence-corrected chi connectivity index (χ2v) is 8.26. The molecule has 0 unspecified atom stereocenters. The van der Waals surface area contributed by atoms with Crippen LogP contribution in [-0.4, -0.2) is 27.0 Å². The number of allylic oxidation sites excluding steroid dienone is 2. The minimum Gasteiger partial charge on any atom is -0.384 e. The van der Waals surface area contributed by atoms with Crippen LogP contribution in [0.4, 0.5) is 5.82 Å². The van der Waals surface area contributed by atoms with Crippen molar-refractivity contribution in [2.24, 2.45) is 5.92 Å². The van der Waals surface area contributed by atoms with Crippen LogP contribution in [0, 0.1) is 5.92 Å². The summed E-state index contributed by atoms with van der Waals surface area (Å²) in [5.41, 5.74) is 11.3. The molecule has 1 amide bonds. The number of carbonyl (C=O) groups excluding carboxylic acids is 1. The molecule has 0 spiro atoms. The number of para-hydroxylation sites is 2. The highest BCUT2D eigenvalue weighted by molar-refractivity contribution is 6.10. The SMILES string of the molecule is CC(C)CNC(=O)c1c(N)n(CCC2=CCCCC2)c2nc3ccccc3nc12. The van der Waals surface area contributed by atoms with Crippen molar-refractivity contribution in [1.29, 1.82) is 0 Å². The van der Waals surface area contributed by atoms with Crippen molar-refractivity contribution < 1.29 is 4.79 Å². The monoisotopic (exact) mass is 391 g/mol. The lowest BCUT2D eigenvalue weighted by Crippen LogP contribution is -2.28. The number of benzene rings is 1. The molecule has 2 aromatic heterocycles. The standard InChI is InChI=1S/C23H29N5O/c1-15(2)14-25-23(29)19-20-22(27-18-11-7-6-10-17(18)26-20)28(21(19)24)13-12-16-8-4-3-5-9-16/h6-8,10-11,15H,3-5,9,12-14,24H2,1-2H3,(H,25,29). The van der Waals surface area contributed by atoms with Crippen LogP contribution in [0.3, 0.4) is 0 Å². The highest BCUT2D eigenvalue weighted by Crippen LogP contribution is 2.29. The van der Waals surface area contributed by atoms with E-state index in [1.54, 1.807) is 0 Å². The number of hydrogen-bond donors (Lipinski definition) is 2. The van der Waals surface area contributed by atoms with Gasteiger partial charge in [0.25, 0.3) is 5.91 Å². The molecule has 1 aliphatic rings. The highest BCUT2D eigenvalue weighted by atomic mass is 16.1. The zero-order chi connectivity index (χ0) is 20.4. The smallest absolute Gasteiger partial charge is 0.257 e. The van der Waals surface area contributed by atoms with E-state index < -0.39 is 0 Å². The number of amides is 1. The Kier molecular flexibility index (Phi) is 5.51. The molecule has 1 aliphatic carbocycles. The van der Waals surface area contributed by atoms with Gasteiger partial charge in [-0.2, -0.15) is 0 Å². The fourth-order valence-electron chi connectivity index (χ4n) is 3.94.